The summed E-state index contributed by atoms with van der Waals surface area (Å²) < 4.78 is 5.10. The van der Waals surface area contributed by atoms with Gasteiger partial charge in [-0.25, -0.2) is 0 Å². The van der Waals surface area contributed by atoms with Gasteiger partial charge in [-0.1, -0.05) is 18.5 Å². The normalized spacial score (nSPS) is 11.2. The van der Waals surface area contributed by atoms with Crippen LogP contribution in [0.1, 0.15) is 20.8 Å². The van der Waals surface area contributed by atoms with E-state index < -0.39 is 5.54 Å². The molecule has 5 heteroatoms. The van der Waals surface area contributed by atoms with Gasteiger partial charge in [0.1, 0.15) is 5.75 Å². The quantitative estimate of drug-likeness (QED) is 0.865. The van der Waals surface area contributed by atoms with Crippen LogP contribution in [0.2, 0.25) is 5.02 Å². The molecular weight excluding hydrogens is 252 g/mol. The Hall–Kier alpha value is -1.26. The van der Waals surface area contributed by atoms with Crippen LogP contribution in [0.4, 0.5) is 5.69 Å². The first-order valence-corrected chi connectivity index (χ1v) is 6.18. The second-order valence-electron chi connectivity index (χ2n) is 4.46. The Morgan fingerprint density at radius 1 is 1.44 bits per heavy atom. The van der Waals surface area contributed by atoms with Crippen LogP contribution in [0.5, 0.6) is 5.75 Å². The van der Waals surface area contributed by atoms with Crippen LogP contribution in [-0.2, 0) is 4.79 Å². The summed E-state index contributed by atoms with van der Waals surface area (Å²) in [5, 5.41) is 6.38. The zero-order chi connectivity index (χ0) is 13.8. The van der Waals surface area contributed by atoms with E-state index in [2.05, 4.69) is 10.6 Å². The van der Waals surface area contributed by atoms with Gasteiger partial charge in [-0.15, -0.1) is 0 Å². The summed E-state index contributed by atoms with van der Waals surface area (Å²) in [5.41, 5.74) is -0.103. The number of anilines is 1. The summed E-state index contributed by atoms with van der Waals surface area (Å²) in [6.45, 7) is 6.31. The molecule has 0 aliphatic carbocycles. The number of ether oxygens (including phenoxy) is 1. The number of likely N-dealkylation sites (N-methyl/N-ethyl adjacent to an activating group) is 1. The predicted molar refractivity (Wildman–Crippen MR) is 74.4 cm³/mol. The molecule has 0 aliphatic rings. The van der Waals surface area contributed by atoms with Crippen molar-refractivity contribution in [1.82, 2.24) is 5.32 Å². The van der Waals surface area contributed by atoms with Crippen LogP contribution in [0, 0.1) is 0 Å². The van der Waals surface area contributed by atoms with Gasteiger partial charge in [-0.05, 0) is 32.5 Å². The highest BCUT2D eigenvalue weighted by molar-refractivity contribution is 6.33. The standard InChI is InChI=1S/C13H19ClN2O2/c1-5-15-13(2,3)12(17)16-11-8-9(18-4)6-7-10(11)14/h6-8,15H,5H2,1-4H3,(H,16,17). The smallest absolute Gasteiger partial charge is 0.244 e. The molecule has 0 radical (unpaired) electrons. The predicted octanol–water partition coefficient (Wildman–Crippen LogP) is 2.68. The number of hydrogen-bond donors (Lipinski definition) is 2. The number of methoxy groups -OCH3 is 1. The highest BCUT2D eigenvalue weighted by atomic mass is 35.5. The lowest BCUT2D eigenvalue weighted by molar-refractivity contribution is -0.121. The molecule has 0 aromatic heterocycles. The molecule has 0 saturated heterocycles. The zero-order valence-corrected chi connectivity index (χ0v) is 11.9. The van der Waals surface area contributed by atoms with E-state index in [0.29, 0.717) is 23.0 Å². The van der Waals surface area contributed by atoms with E-state index in [4.69, 9.17) is 16.3 Å². The van der Waals surface area contributed by atoms with Gasteiger partial charge in [0.05, 0.1) is 23.4 Å². The first kappa shape index (κ1) is 14.8. The maximum atomic E-state index is 12.1. The lowest BCUT2D eigenvalue weighted by atomic mass is 10.0. The fourth-order valence-electron chi connectivity index (χ4n) is 1.53. The van der Waals surface area contributed by atoms with E-state index in [1.54, 1.807) is 25.3 Å². The van der Waals surface area contributed by atoms with Crippen LogP contribution in [-0.4, -0.2) is 25.1 Å². The minimum Gasteiger partial charge on any atom is -0.497 e. The van der Waals surface area contributed by atoms with Crippen LogP contribution < -0.4 is 15.4 Å². The van der Waals surface area contributed by atoms with Crippen molar-refractivity contribution in [3.05, 3.63) is 23.2 Å². The van der Waals surface area contributed by atoms with Gasteiger partial charge in [0.2, 0.25) is 5.91 Å². The first-order valence-electron chi connectivity index (χ1n) is 5.80. The maximum absolute atomic E-state index is 12.1. The summed E-state index contributed by atoms with van der Waals surface area (Å²) in [7, 11) is 1.57. The van der Waals surface area contributed by atoms with Crippen molar-refractivity contribution in [1.29, 1.82) is 0 Å². The Morgan fingerprint density at radius 2 is 2.11 bits per heavy atom. The minimum atomic E-state index is -0.652. The lowest BCUT2D eigenvalue weighted by Gasteiger charge is -2.24. The van der Waals surface area contributed by atoms with Gasteiger partial charge >= 0.3 is 0 Å². The van der Waals surface area contributed by atoms with Crippen LogP contribution in [0.3, 0.4) is 0 Å². The molecular formula is C13H19ClN2O2. The molecule has 0 spiro atoms. The third-order valence-corrected chi connectivity index (χ3v) is 2.94. The Balaban J connectivity index is 2.87. The number of hydrogen-bond acceptors (Lipinski definition) is 3. The number of rotatable bonds is 5. The van der Waals surface area contributed by atoms with Crippen LogP contribution in [0.25, 0.3) is 0 Å². The van der Waals surface area contributed by atoms with E-state index >= 15 is 0 Å². The number of carbonyl (C=O) groups is 1. The van der Waals surface area contributed by atoms with Crippen molar-refractivity contribution in [2.75, 3.05) is 19.0 Å². The molecule has 0 heterocycles. The van der Waals surface area contributed by atoms with Crippen molar-refractivity contribution >= 4 is 23.2 Å². The average molecular weight is 271 g/mol. The highest BCUT2D eigenvalue weighted by Gasteiger charge is 2.26. The van der Waals surface area contributed by atoms with E-state index in [1.165, 1.54) is 0 Å². The molecule has 2 N–H and O–H groups in total. The number of halogens is 1. The Kier molecular flexibility index (Phi) is 4.99. The summed E-state index contributed by atoms with van der Waals surface area (Å²) in [6, 6.07) is 5.13. The van der Waals surface area contributed by atoms with E-state index in [1.807, 2.05) is 20.8 Å². The van der Waals surface area contributed by atoms with Gasteiger partial charge in [-0.2, -0.15) is 0 Å². The second-order valence-corrected chi connectivity index (χ2v) is 4.86. The fraction of sp³-hybridized carbons (Fsp3) is 0.462. The summed E-state index contributed by atoms with van der Waals surface area (Å²) in [5.74, 6) is 0.510. The Labute approximate surface area is 113 Å². The monoisotopic (exact) mass is 270 g/mol. The van der Waals surface area contributed by atoms with Gasteiger partial charge in [0.25, 0.3) is 0 Å². The van der Waals surface area contributed by atoms with E-state index in [9.17, 15) is 4.79 Å². The third kappa shape index (κ3) is 3.62. The molecule has 0 aliphatic heterocycles. The first-order chi connectivity index (χ1) is 8.40. The van der Waals surface area contributed by atoms with Crippen molar-refractivity contribution in [2.24, 2.45) is 0 Å². The second kappa shape index (κ2) is 6.07. The minimum absolute atomic E-state index is 0.139. The van der Waals surface area contributed by atoms with Crippen molar-refractivity contribution in [2.45, 2.75) is 26.3 Å². The number of benzene rings is 1. The van der Waals surface area contributed by atoms with Crippen LogP contribution in [0.15, 0.2) is 18.2 Å². The topological polar surface area (TPSA) is 50.4 Å². The number of amides is 1. The molecule has 1 amide bonds. The molecule has 0 unspecified atom stereocenters. The summed E-state index contributed by atoms with van der Waals surface area (Å²) in [6.07, 6.45) is 0. The fourth-order valence-corrected chi connectivity index (χ4v) is 1.69. The Bertz CT molecular complexity index is 433. The lowest BCUT2D eigenvalue weighted by Crippen LogP contribution is -2.49. The molecule has 0 saturated carbocycles. The largest absolute Gasteiger partial charge is 0.497 e. The van der Waals surface area contributed by atoms with Crippen molar-refractivity contribution in [3.63, 3.8) is 0 Å². The van der Waals surface area contributed by atoms with Gasteiger partial charge in [0, 0.05) is 6.07 Å². The zero-order valence-electron chi connectivity index (χ0n) is 11.1. The molecule has 1 aromatic rings. The molecule has 18 heavy (non-hydrogen) atoms. The summed E-state index contributed by atoms with van der Waals surface area (Å²) in [4.78, 5) is 12.1. The van der Waals surface area contributed by atoms with Crippen LogP contribution >= 0.6 is 11.6 Å². The van der Waals surface area contributed by atoms with Crippen molar-refractivity contribution in [3.8, 4) is 5.75 Å². The van der Waals surface area contributed by atoms with Gasteiger partial charge in [0.15, 0.2) is 0 Å². The number of nitrogens with one attached hydrogen (secondary N) is 2. The molecule has 1 rings (SSSR count). The SMILES string of the molecule is CCNC(C)(C)C(=O)Nc1cc(OC)ccc1Cl. The highest BCUT2D eigenvalue weighted by Crippen LogP contribution is 2.27. The summed E-state index contributed by atoms with van der Waals surface area (Å²) >= 11 is 6.03. The third-order valence-electron chi connectivity index (χ3n) is 2.61. The molecule has 0 fully saturated rings. The Morgan fingerprint density at radius 3 is 2.67 bits per heavy atom. The molecule has 100 valence electrons. The molecule has 0 bridgehead atoms. The van der Waals surface area contributed by atoms with Gasteiger partial charge < -0.3 is 15.4 Å². The van der Waals surface area contributed by atoms with E-state index in [-0.39, 0.29) is 5.91 Å². The van der Waals surface area contributed by atoms with Crippen molar-refractivity contribution < 1.29 is 9.53 Å². The average Bonchev–Trinajstić information content (AvgIpc) is 2.31. The molecule has 1 aromatic carbocycles. The van der Waals surface area contributed by atoms with Gasteiger partial charge in [-0.3, -0.25) is 4.79 Å². The molecule has 0 atom stereocenters. The van der Waals surface area contributed by atoms with E-state index in [0.717, 1.165) is 0 Å². The maximum Gasteiger partial charge on any atom is 0.244 e. The molecule has 4 nitrogen and oxygen atoms in total. The number of carbonyl (C=O) groups excluding carboxylic acids is 1.